The lowest BCUT2D eigenvalue weighted by Gasteiger charge is -2.18. The first-order valence-electron chi connectivity index (χ1n) is 31.0. The molecule has 0 saturated heterocycles. The Morgan fingerprint density at radius 3 is 0.840 bits per heavy atom. The molecular weight excluding hydrogens is 925 g/mol. The fourth-order valence-electron chi connectivity index (χ4n) is 8.34. The maximum Gasteiger partial charge on any atom is 0.306 e. The van der Waals surface area contributed by atoms with Crippen molar-refractivity contribution in [2.45, 2.75) is 284 Å². The summed E-state index contributed by atoms with van der Waals surface area (Å²) in [6.07, 6.45) is 86.4. The van der Waals surface area contributed by atoms with Crippen molar-refractivity contribution in [1.29, 1.82) is 0 Å². The zero-order chi connectivity index (χ0) is 54.3. The van der Waals surface area contributed by atoms with Gasteiger partial charge in [-0.25, -0.2) is 0 Å². The monoisotopic (exact) mass is 1040 g/mol. The average molecular weight is 1040 g/mol. The molecule has 0 rings (SSSR count). The minimum atomic E-state index is -0.799. The van der Waals surface area contributed by atoms with Crippen molar-refractivity contribution in [3.63, 3.8) is 0 Å². The van der Waals surface area contributed by atoms with Crippen LogP contribution in [0.1, 0.15) is 278 Å². The third-order valence-corrected chi connectivity index (χ3v) is 12.9. The normalized spacial score (nSPS) is 12.9. The van der Waals surface area contributed by atoms with Crippen LogP contribution in [0, 0.1) is 0 Å². The molecule has 6 heteroatoms. The van der Waals surface area contributed by atoms with Gasteiger partial charge in [-0.05, 0) is 128 Å². The molecule has 0 aliphatic heterocycles. The summed E-state index contributed by atoms with van der Waals surface area (Å²) < 4.78 is 16.8. The Morgan fingerprint density at radius 1 is 0.280 bits per heavy atom. The van der Waals surface area contributed by atoms with Crippen LogP contribution in [0.2, 0.25) is 0 Å². The van der Waals surface area contributed by atoms with Gasteiger partial charge in [0.1, 0.15) is 13.2 Å². The number of carbonyl (C=O) groups excluding carboxylic acids is 3. The quantitative estimate of drug-likeness (QED) is 0.0261. The Kier molecular flexibility index (Phi) is 58.9. The van der Waals surface area contributed by atoms with Crippen LogP contribution < -0.4 is 0 Å². The highest BCUT2D eigenvalue weighted by Gasteiger charge is 2.19. The molecule has 0 heterocycles. The molecule has 75 heavy (non-hydrogen) atoms. The van der Waals surface area contributed by atoms with Crippen LogP contribution in [0.25, 0.3) is 0 Å². The van der Waals surface area contributed by atoms with Gasteiger partial charge >= 0.3 is 17.9 Å². The van der Waals surface area contributed by atoms with E-state index >= 15 is 0 Å². The largest absolute Gasteiger partial charge is 0.462 e. The van der Waals surface area contributed by atoms with Crippen molar-refractivity contribution < 1.29 is 28.6 Å². The first kappa shape index (κ1) is 70.8. The summed E-state index contributed by atoms with van der Waals surface area (Å²) >= 11 is 0. The average Bonchev–Trinajstić information content (AvgIpc) is 3.41. The third kappa shape index (κ3) is 60.6. The van der Waals surface area contributed by atoms with Gasteiger partial charge < -0.3 is 14.2 Å². The number of allylic oxidation sites excluding steroid dienone is 20. The minimum absolute atomic E-state index is 0.0946. The van der Waals surface area contributed by atoms with Crippen LogP contribution in [-0.2, 0) is 28.6 Å². The minimum Gasteiger partial charge on any atom is -0.462 e. The molecule has 0 aromatic rings. The van der Waals surface area contributed by atoms with Gasteiger partial charge in [0.15, 0.2) is 6.10 Å². The van der Waals surface area contributed by atoms with Gasteiger partial charge in [-0.15, -0.1) is 0 Å². The summed E-state index contributed by atoms with van der Waals surface area (Å²) in [6.45, 7) is 6.37. The second-order valence-corrected chi connectivity index (χ2v) is 20.2. The van der Waals surface area contributed by atoms with Crippen LogP contribution in [0.4, 0.5) is 0 Å². The number of hydrogen-bond acceptors (Lipinski definition) is 6. The lowest BCUT2D eigenvalue weighted by atomic mass is 10.0. The molecule has 0 spiro atoms. The summed E-state index contributed by atoms with van der Waals surface area (Å²) in [5.74, 6) is -0.934. The predicted octanol–water partition coefficient (Wildman–Crippen LogP) is 21.2. The summed E-state index contributed by atoms with van der Waals surface area (Å²) in [5.41, 5.74) is 0. The van der Waals surface area contributed by atoms with Gasteiger partial charge in [-0.3, -0.25) is 14.4 Å². The van der Waals surface area contributed by atoms with Crippen molar-refractivity contribution >= 4 is 17.9 Å². The zero-order valence-electron chi connectivity index (χ0n) is 48.8. The van der Waals surface area contributed by atoms with Gasteiger partial charge in [-0.2, -0.15) is 0 Å². The summed E-state index contributed by atoms with van der Waals surface area (Å²) in [7, 11) is 0. The molecule has 0 aliphatic carbocycles. The standard InChI is InChI=1S/C69H114O6/c1-4-7-10-13-16-19-22-25-26-27-28-29-30-31-32-33-34-35-36-37-38-39-40-41-42-45-47-50-53-56-59-62-68(71)74-65-66(75-69(72)63-60-57-54-51-48-44-24-21-18-15-12-9-6-3)64-73-67(70)61-58-55-52-49-46-43-23-20-17-14-11-8-5-2/h7,9-10,12,16,18-21,23,25-26,28-29,31-32,34-35,44,48,66H,4-6,8,11,13-15,17,22,24,27,30,33,36-43,45-47,49-65H2,1-3H3/b10-7-,12-9-,19-16-,21-18-,23-20-,26-25-,29-28-,32-31-,35-34-,48-44-. The molecule has 0 radical (unpaired) electrons. The molecule has 0 amide bonds. The number of esters is 3. The lowest BCUT2D eigenvalue weighted by Crippen LogP contribution is -2.30. The van der Waals surface area contributed by atoms with Gasteiger partial charge in [0, 0.05) is 19.3 Å². The van der Waals surface area contributed by atoms with Crippen molar-refractivity contribution in [3.8, 4) is 0 Å². The maximum atomic E-state index is 12.8. The van der Waals surface area contributed by atoms with Crippen LogP contribution in [0.5, 0.6) is 0 Å². The Bertz CT molecular complexity index is 1570. The highest BCUT2D eigenvalue weighted by Crippen LogP contribution is 2.15. The van der Waals surface area contributed by atoms with E-state index in [1.165, 1.54) is 109 Å². The number of rotatable bonds is 55. The maximum absolute atomic E-state index is 12.8. The van der Waals surface area contributed by atoms with Crippen LogP contribution in [-0.4, -0.2) is 37.2 Å². The van der Waals surface area contributed by atoms with E-state index in [2.05, 4.69) is 142 Å². The van der Waals surface area contributed by atoms with E-state index < -0.39 is 6.10 Å². The Hall–Kier alpha value is -4.19. The van der Waals surface area contributed by atoms with E-state index in [0.717, 1.165) is 128 Å². The molecule has 1 unspecified atom stereocenters. The van der Waals surface area contributed by atoms with E-state index in [0.29, 0.717) is 12.8 Å². The zero-order valence-corrected chi connectivity index (χ0v) is 48.8. The molecule has 0 saturated carbocycles. The van der Waals surface area contributed by atoms with Crippen molar-refractivity contribution in [2.75, 3.05) is 13.2 Å². The van der Waals surface area contributed by atoms with E-state index in [1.807, 2.05) is 0 Å². The molecule has 426 valence electrons. The number of ether oxygens (including phenoxy) is 3. The molecule has 0 aromatic carbocycles. The van der Waals surface area contributed by atoms with E-state index in [1.54, 1.807) is 0 Å². The van der Waals surface area contributed by atoms with Crippen LogP contribution in [0.15, 0.2) is 122 Å². The predicted molar refractivity (Wildman–Crippen MR) is 325 cm³/mol. The molecular formula is C69H114O6. The highest BCUT2D eigenvalue weighted by molar-refractivity contribution is 5.71. The third-order valence-electron chi connectivity index (χ3n) is 12.9. The second kappa shape index (κ2) is 62.4. The molecule has 0 N–H and O–H groups in total. The molecule has 1 atom stereocenters. The van der Waals surface area contributed by atoms with Gasteiger partial charge in [-0.1, -0.05) is 251 Å². The highest BCUT2D eigenvalue weighted by atomic mass is 16.6. The van der Waals surface area contributed by atoms with E-state index in [9.17, 15) is 14.4 Å². The van der Waals surface area contributed by atoms with E-state index in [-0.39, 0.29) is 37.5 Å². The van der Waals surface area contributed by atoms with Gasteiger partial charge in [0.2, 0.25) is 0 Å². The summed E-state index contributed by atoms with van der Waals surface area (Å²) in [6, 6.07) is 0. The molecule has 0 bridgehead atoms. The molecule has 0 aliphatic rings. The van der Waals surface area contributed by atoms with Gasteiger partial charge in [0.05, 0.1) is 0 Å². The van der Waals surface area contributed by atoms with Crippen molar-refractivity contribution in [1.82, 2.24) is 0 Å². The Balaban J connectivity index is 4.23. The summed E-state index contributed by atoms with van der Waals surface area (Å²) in [4.78, 5) is 38.2. The molecule has 0 fully saturated rings. The smallest absolute Gasteiger partial charge is 0.306 e. The SMILES string of the molecule is CC/C=C\C/C=C\C/C=C\C/C=C\C/C=C\C/C=C\CCCCCCCCCCCCCCC(=O)OCC(COC(=O)CCCCCCC/C=C\CCCCCC)OC(=O)CCCCC/C=C\C/C=C\C/C=C\CC. The van der Waals surface area contributed by atoms with Crippen LogP contribution >= 0.6 is 0 Å². The van der Waals surface area contributed by atoms with Gasteiger partial charge in [0.25, 0.3) is 0 Å². The Labute approximate surface area is 462 Å². The molecule has 0 aromatic heterocycles. The fourth-order valence-corrected chi connectivity index (χ4v) is 8.34. The Morgan fingerprint density at radius 2 is 0.520 bits per heavy atom. The first-order chi connectivity index (χ1) is 37.0. The summed E-state index contributed by atoms with van der Waals surface area (Å²) in [5, 5.41) is 0. The van der Waals surface area contributed by atoms with Crippen molar-refractivity contribution in [2.24, 2.45) is 0 Å². The lowest BCUT2D eigenvalue weighted by molar-refractivity contribution is -0.167. The fraction of sp³-hybridized carbons (Fsp3) is 0.667. The van der Waals surface area contributed by atoms with E-state index in [4.69, 9.17) is 14.2 Å². The number of carbonyl (C=O) groups is 3. The first-order valence-corrected chi connectivity index (χ1v) is 31.0. The second-order valence-electron chi connectivity index (χ2n) is 20.2. The topological polar surface area (TPSA) is 78.9 Å². The van der Waals surface area contributed by atoms with Crippen LogP contribution in [0.3, 0.4) is 0 Å². The van der Waals surface area contributed by atoms with Crippen molar-refractivity contribution in [3.05, 3.63) is 122 Å². The number of unbranched alkanes of at least 4 members (excludes halogenated alkanes) is 24. The number of hydrogen-bond donors (Lipinski definition) is 0. The molecule has 6 nitrogen and oxygen atoms in total.